The summed E-state index contributed by atoms with van der Waals surface area (Å²) in [7, 11) is 0. The van der Waals surface area contributed by atoms with Crippen molar-refractivity contribution in [2.45, 2.75) is 83.4 Å². The molecule has 0 radical (unpaired) electrons. The number of carbonyl (C=O) groups is 1. The highest BCUT2D eigenvalue weighted by Gasteiger charge is 2.32. The summed E-state index contributed by atoms with van der Waals surface area (Å²) in [5.74, 6) is 1.74. The third-order valence-corrected chi connectivity index (χ3v) is 5.88. The van der Waals surface area contributed by atoms with E-state index >= 15 is 0 Å². The first-order chi connectivity index (χ1) is 14.5. The number of hydrogen-bond donors (Lipinski definition) is 0. The lowest BCUT2D eigenvalue weighted by atomic mass is 9.93. The summed E-state index contributed by atoms with van der Waals surface area (Å²) in [6.07, 6.45) is 7.69. The Labute approximate surface area is 177 Å². The van der Waals surface area contributed by atoms with E-state index in [0.717, 1.165) is 49.8 Å². The highest BCUT2D eigenvalue weighted by molar-refractivity contribution is 5.92. The van der Waals surface area contributed by atoms with Crippen LogP contribution in [0.4, 0.5) is 0 Å². The van der Waals surface area contributed by atoms with Gasteiger partial charge in [0.05, 0.1) is 11.7 Å². The second-order valence-electron chi connectivity index (χ2n) is 8.72. The van der Waals surface area contributed by atoms with Crippen LogP contribution in [0, 0.1) is 11.3 Å². The van der Waals surface area contributed by atoms with Gasteiger partial charge in [0.2, 0.25) is 0 Å². The summed E-state index contributed by atoms with van der Waals surface area (Å²) < 4.78 is 11.2. The Hall–Kier alpha value is -2.81. The molecule has 1 amide bonds. The summed E-state index contributed by atoms with van der Waals surface area (Å²) in [4.78, 5) is 15.3. The van der Waals surface area contributed by atoms with E-state index < -0.39 is 0 Å². The van der Waals surface area contributed by atoms with E-state index in [1.165, 1.54) is 6.42 Å². The highest BCUT2D eigenvalue weighted by atomic mass is 16.5. The van der Waals surface area contributed by atoms with Gasteiger partial charge in [0.1, 0.15) is 17.6 Å². The molecule has 0 aliphatic heterocycles. The zero-order valence-electron chi connectivity index (χ0n) is 17.8. The van der Waals surface area contributed by atoms with Crippen molar-refractivity contribution in [1.29, 1.82) is 5.26 Å². The molecule has 1 aromatic heterocycles. The predicted octanol–water partition coefficient (Wildman–Crippen LogP) is 5.19. The zero-order valence-corrected chi connectivity index (χ0v) is 17.8. The van der Waals surface area contributed by atoms with Gasteiger partial charge < -0.3 is 14.2 Å². The van der Waals surface area contributed by atoms with E-state index in [1.807, 2.05) is 43.0 Å². The van der Waals surface area contributed by atoms with Gasteiger partial charge in [-0.05, 0) is 57.2 Å². The van der Waals surface area contributed by atoms with Crippen LogP contribution in [0.25, 0.3) is 0 Å². The Bertz CT molecular complexity index is 933. The average molecular weight is 408 g/mol. The SMILES string of the molecule is CC(C)Oc1ccc(CN(C(=O)c2cc(C3CC3)on2)C2CCCCC2)cc1C#N. The summed E-state index contributed by atoms with van der Waals surface area (Å²) in [5.41, 5.74) is 1.81. The first kappa shape index (κ1) is 20.5. The predicted molar refractivity (Wildman–Crippen MR) is 112 cm³/mol. The van der Waals surface area contributed by atoms with Crippen LogP contribution in [0.5, 0.6) is 5.75 Å². The fourth-order valence-corrected chi connectivity index (χ4v) is 4.17. The number of rotatable bonds is 7. The van der Waals surface area contributed by atoms with Crippen LogP contribution >= 0.6 is 0 Å². The number of benzene rings is 1. The van der Waals surface area contributed by atoms with Crippen LogP contribution in [0.3, 0.4) is 0 Å². The van der Waals surface area contributed by atoms with Crippen LogP contribution in [-0.2, 0) is 6.54 Å². The van der Waals surface area contributed by atoms with Crippen molar-refractivity contribution < 1.29 is 14.1 Å². The Morgan fingerprint density at radius 3 is 2.67 bits per heavy atom. The summed E-state index contributed by atoms with van der Waals surface area (Å²) in [6, 6.07) is 9.83. The summed E-state index contributed by atoms with van der Waals surface area (Å²) >= 11 is 0. The molecule has 1 aromatic carbocycles. The minimum absolute atomic E-state index is 0.00362. The van der Waals surface area contributed by atoms with Crippen molar-refractivity contribution >= 4 is 5.91 Å². The molecule has 0 spiro atoms. The van der Waals surface area contributed by atoms with Crippen molar-refractivity contribution in [2.24, 2.45) is 0 Å². The molecule has 6 nitrogen and oxygen atoms in total. The smallest absolute Gasteiger partial charge is 0.276 e. The highest BCUT2D eigenvalue weighted by Crippen LogP contribution is 2.40. The summed E-state index contributed by atoms with van der Waals surface area (Å²) in [5, 5.41) is 13.6. The number of amides is 1. The van der Waals surface area contributed by atoms with Gasteiger partial charge >= 0.3 is 0 Å². The normalized spacial score (nSPS) is 17.0. The first-order valence-electron chi connectivity index (χ1n) is 11.0. The molecule has 30 heavy (non-hydrogen) atoms. The average Bonchev–Trinajstić information content (AvgIpc) is 3.49. The molecule has 0 N–H and O–H groups in total. The van der Waals surface area contributed by atoms with Gasteiger partial charge in [-0.2, -0.15) is 5.26 Å². The molecule has 2 fully saturated rings. The zero-order chi connectivity index (χ0) is 21.1. The Morgan fingerprint density at radius 2 is 2.00 bits per heavy atom. The number of aromatic nitrogens is 1. The topological polar surface area (TPSA) is 79.4 Å². The molecular weight excluding hydrogens is 378 g/mol. The molecule has 0 bridgehead atoms. The number of hydrogen-bond acceptors (Lipinski definition) is 5. The van der Waals surface area contributed by atoms with Gasteiger partial charge in [0, 0.05) is 24.6 Å². The van der Waals surface area contributed by atoms with Crippen molar-refractivity contribution in [3.8, 4) is 11.8 Å². The van der Waals surface area contributed by atoms with E-state index in [4.69, 9.17) is 9.26 Å². The molecule has 2 aliphatic rings. The lowest BCUT2D eigenvalue weighted by Crippen LogP contribution is -2.41. The Morgan fingerprint density at radius 1 is 1.23 bits per heavy atom. The largest absolute Gasteiger partial charge is 0.490 e. The molecule has 0 atom stereocenters. The van der Waals surface area contributed by atoms with Crippen molar-refractivity contribution in [2.75, 3.05) is 0 Å². The number of ether oxygens (including phenoxy) is 1. The number of nitriles is 1. The molecule has 4 rings (SSSR count). The molecule has 2 aromatic rings. The standard InChI is InChI=1S/C24H29N3O3/c1-16(2)29-22-11-8-17(12-19(22)14-25)15-27(20-6-4-3-5-7-20)24(28)21-13-23(30-26-21)18-9-10-18/h8,11-13,16,18,20H,3-7,9-10,15H2,1-2H3. The van der Waals surface area contributed by atoms with E-state index in [1.54, 1.807) is 0 Å². The van der Waals surface area contributed by atoms with Gasteiger partial charge in [-0.1, -0.05) is 30.5 Å². The maximum Gasteiger partial charge on any atom is 0.276 e. The van der Waals surface area contributed by atoms with Crippen LogP contribution in [0.2, 0.25) is 0 Å². The molecule has 2 saturated carbocycles. The number of nitrogens with zero attached hydrogens (tertiary/aromatic N) is 3. The molecule has 1 heterocycles. The van der Waals surface area contributed by atoms with Crippen LogP contribution < -0.4 is 4.74 Å². The van der Waals surface area contributed by atoms with E-state index in [2.05, 4.69) is 11.2 Å². The van der Waals surface area contributed by atoms with Crippen molar-refractivity contribution in [3.63, 3.8) is 0 Å². The minimum Gasteiger partial charge on any atom is -0.490 e. The minimum atomic E-state index is -0.0847. The quantitative estimate of drug-likeness (QED) is 0.631. The molecule has 158 valence electrons. The second kappa shape index (κ2) is 8.91. The van der Waals surface area contributed by atoms with Gasteiger partial charge in [0.25, 0.3) is 5.91 Å². The van der Waals surface area contributed by atoms with Crippen molar-refractivity contribution in [1.82, 2.24) is 10.1 Å². The third kappa shape index (κ3) is 4.67. The van der Waals surface area contributed by atoms with Gasteiger partial charge in [-0.15, -0.1) is 0 Å². The van der Waals surface area contributed by atoms with Gasteiger partial charge in [0.15, 0.2) is 5.69 Å². The van der Waals surface area contributed by atoms with Crippen LogP contribution in [0.1, 0.15) is 92.1 Å². The van der Waals surface area contributed by atoms with Crippen LogP contribution in [-0.4, -0.2) is 28.1 Å². The lowest BCUT2D eigenvalue weighted by molar-refractivity contribution is 0.0603. The number of carbonyl (C=O) groups excluding carboxylic acids is 1. The maximum atomic E-state index is 13.4. The monoisotopic (exact) mass is 407 g/mol. The second-order valence-corrected chi connectivity index (χ2v) is 8.72. The third-order valence-electron chi connectivity index (χ3n) is 5.88. The molecule has 6 heteroatoms. The molecule has 2 aliphatic carbocycles. The first-order valence-corrected chi connectivity index (χ1v) is 11.0. The maximum absolute atomic E-state index is 13.4. The van der Waals surface area contributed by atoms with Crippen molar-refractivity contribution in [3.05, 3.63) is 46.8 Å². The molecule has 0 saturated heterocycles. The Balaban J connectivity index is 1.58. The molecular formula is C24H29N3O3. The fraction of sp³-hybridized carbons (Fsp3) is 0.542. The van der Waals surface area contributed by atoms with E-state index in [0.29, 0.717) is 29.5 Å². The lowest BCUT2D eigenvalue weighted by Gasteiger charge is -2.34. The van der Waals surface area contributed by atoms with Gasteiger partial charge in [-0.3, -0.25) is 4.79 Å². The Kier molecular flexibility index (Phi) is 6.08. The van der Waals surface area contributed by atoms with E-state index in [-0.39, 0.29) is 18.1 Å². The van der Waals surface area contributed by atoms with Crippen LogP contribution in [0.15, 0.2) is 28.8 Å². The molecule has 0 unspecified atom stereocenters. The fourth-order valence-electron chi connectivity index (χ4n) is 4.17. The van der Waals surface area contributed by atoms with Gasteiger partial charge in [-0.25, -0.2) is 0 Å². The summed E-state index contributed by atoms with van der Waals surface area (Å²) in [6.45, 7) is 4.32. The van der Waals surface area contributed by atoms with E-state index in [9.17, 15) is 10.1 Å².